The Morgan fingerprint density at radius 3 is 2.70 bits per heavy atom. The van der Waals surface area contributed by atoms with E-state index in [1.165, 1.54) is 6.20 Å². The van der Waals surface area contributed by atoms with E-state index in [4.69, 9.17) is 5.11 Å². The second-order valence-corrected chi connectivity index (χ2v) is 6.87. The first-order valence-corrected chi connectivity index (χ1v) is 8.03. The highest BCUT2D eigenvalue weighted by molar-refractivity contribution is 9.10. The number of amides is 1. The number of carboxylic acid groups (broad SMARTS) is 1. The molecule has 0 saturated carbocycles. The molecule has 0 unspecified atom stereocenters. The maximum Gasteiger partial charge on any atom is 0.421 e. The van der Waals surface area contributed by atoms with Gasteiger partial charge in [-0.25, -0.2) is 18.2 Å². The zero-order chi connectivity index (χ0) is 14.9. The lowest BCUT2D eigenvalue weighted by atomic mass is 10.3. The first-order chi connectivity index (χ1) is 9.27. The molecule has 1 N–H and O–H groups in total. The Kier molecular flexibility index (Phi) is 3.91. The van der Waals surface area contributed by atoms with Crippen LogP contribution in [0.2, 0.25) is 0 Å². The molecule has 9 heteroatoms. The minimum absolute atomic E-state index is 0.257. The van der Waals surface area contributed by atoms with Gasteiger partial charge in [0.25, 0.3) is 0 Å². The summed E-state index contributed by atoms with van der Waals surface area (Å²) in [6, 6.07) is 5.24. The average Bonchev–Trinajstić information content (AvgIpc) is 2.34. The van der Waals surface area contributed by atoms with E-state index in [0.29, 0.717) is 15.3 Å². The molecule has 106 valence electrons. The van der Waals surface area contributed by atoms with Crippen molar-refractivity contribution < 1.29 is 18.3 Å². The van der Waals surface area contributed by atoms with Crippen molar-refractivity contribution in [1.82, 2.24) is 14.3 Å². The molecule has 1 heterocycles. The van der Waals surface area contributed by atoms with Crippen molar-refractivity contribution in [1.29, 1.82) is 0 Å². The molecule has 0 atom stereocenters. The largest absolute Gasteiger partial charge is 0.464 e. The highest BCUT2D eigenvalue weighted by atomic mass is 79.9. The summed E-state index contributed by atoms with van der Waals surface area (Å²) in [5.74, 6) is 0. The molecule has 1 aromatic carbocycles. The van der Waals surface area contributed by atoms with E-state index in [-0.39, 0.29) is 12.2 Å². The number of hydrogen-bond donors (Lipinski definition) is 1. The molecule has 0 spiro atoms. The summed E-state index contributed by atoms with van der Waals surface area (Å²) in [5, 5.41) is 8.91. The van der Waals surface area contributed by atoms with Gasteiger partial charge in [-0.1, -0.05) is 15.9 Å². The van der Waals surface area contributed by atoms with E-state index in [1.807, 2.05) is 0 Å². The van der Waals surface area contributed by atoms with Crippen molar-refractivity contribution in [3.8, 4) is 0 Å². The summed E-state index contributed by atoms with van der Waals surface area (Å²) < 4.78 is 23.9. The molecule has 0 aliphatic heterocycles. The molecule has 0 bridgehead atoms. The van der Waals surface area contributed by atoms with Gasteiger partial charge in [-0.15, -0.1) is 0 Å². The summed E-state index contributed by atoms with van der Waals surface area (Å²) >= 11 is 3.30. The van der Waals surface area contributed by atoms with Gasteiger partial charge in [-0.2, -0.15) is 4.31 Å². The van der Waals surface area contributed by atoms with Crippen LogP contribution in [0.25, 0.3) is 11.0 Å². The zero-order valence-corrected chi connectivity index (χ0v) is 12.7. The number of halogens is 1. The van der Waals surface area contributed by atoms with E-state index < -0.39 is 16.1 Å². The molecular weight excluding hydrogens is 350 g/mol. The summed E-state index contributed by atoms with van der Waals surface area (Å²) in [4.78, 5) is 19.3. The maximum atomic E-state index is 11.4. The molecule has 1 amide bonds. The molecule has 0 radical (unpaired) electrons. The Hall–Kier alpha value is -1.74. The van der Waals surface area contributed by atoms with Gasteiger partial charge in [0.2, 0.25) is 10.0 Å². The molecular formula is C11H10BrN3O4S. The van der Waals surface area contributed by atoms with Crippen LogP contribution in [-0.2, 0) is 16.6 Å². The van der Waals surface area contributed by atoms with Gasteiger partial charge in [0.05, 0.1) is 35.7 Å². The summed E-state index contributed by atoms with van der Waals surface area (Å²) in [6.45, 7) is -0.368. The second-order valence-electron chi connectivity index (χ2n) is 4.05. The molecule has 7 nitrogen and oxygen atoms in total. The molecule has 0 aliphatic rings. The van der Waals surface area contributed by atoms with Gasteiger partial charge in [-0.3, -0.25) is 4.98 Å². The fourth-order valence-electron chi connectivity index (χ4n) is 1.57. The fourth-order valence-corrected chi connectivity index (χ4v) is 2.57. The van der Waals surface area contributed by atoms with Crippen LogP contribution >= 0.6 is 15.9 Å². The summed E-state index contributed by atoms with van der Waals surface area (Å²) in [5.41, 5.74) is 1.45. The minimum Gasteiger partial charge on any atom is -0.464 e. The Bertz CT molecular complexity index is 778. The van der Waals surface area contributed by atoms with Crippen molar-refractivity contribution in [2.45, 2.75) is 6.54 Å². The lowest BCUT2D eigenvalue weighted by Gasteiger charge is -2.15. The third kappa shape index (κ3) is 3.23. The van der Waals surface area contributed by atoms with Gasteiger partial charge < -0.3 is 5.11 Å². The summed E-state index contributed by atoms with van der Waals surface area (Å²) in [6.07, 6.45) is 0.632. The topological polar surface area (TPSA) is 100 Å². The monoisotopic (exact) mass is 359 g/mol. The molecule has 0 fully saturated rings. The van der Waals surface area contributed by atoms with E-state index in [1.54, 1.807) is 18.2 Å². The highest BCUT2D eigenvalue weighted by Gasteiger charge is 2.23. The number of sulfonamides is 1. The maximum absolute atomic E-state index is 11.4. The van der Waals surface area contributed by atoms with Crippen molar-refractivity contribution in [3.05, 3.63) is 34.6 Å². The molecule has 20 heavy (non-hydrogen) atoms. The number of fused-ring (bicyclic) bond motifs is 1. The van der Waals surface area contributed by atoms with Crippen LogP contribution in [-0.4, -0.2) is 40.1 Å². The van der Waals surface area contributed by atoms with Crippen molar-refractivity contribution in [2.24, 2.45) is 0 Å². The number of rotatable bonds is 3. The molecule has 0 saturated heterocycles. The van der Waals surface area contributed by atoms with Gasteiger partial charge in [0.1, 0.15) is 0 Å². The van der Waals surface area contributed by atoms with Gasteiger partial charge in [0, 0.05) is 4.47 Å². The Labute approximate surface area is 123 Å². The Morgan fingerprint density at radius 1 is 1.40 bits per heavy atom. The number of benzene rings is 1. The number of nitrogens with zero attached hydrogens (tertiary/aromatic N) is 3. The van der Waals surface area contributed by atoms with E-state index in [2.05, 4.69) is 25.9 Å². The van der Waals surface area contributed by atoms with Crippen LogP contribution in [0, 0.1) is 0 Å². The quantitative estimate of drug-likeness (QED) is 0.896. The van der Waals surface area contributed by atoms with Gasteiger partial charge in [-0.05, 0) is 18.2 Å². The number of aromatic nitrogens is 2. The van der Waals surface area contributed by atoms with Crippen molar-refractivity contribution in [3.63, 3.8) is 0 Å². The van der Waals surface area contributed by atoms with Crippen LogP contribution in [0.5, 0.6) is 0 Å². The Balaban J connectivity index is 2.38. The number of hydrogen-bond acceptors (Lipinski definition) is 5. The summed E-state index contributed by atoms with van der Waals surface area (Å²) in [7, 11) is -3.86. The minimum atomic E-state index is -3.86. The first kappa shape index (κ1) is 14.7. The predicted octanol–water partition coefficient (Wildman–Crippen LogP) is 1.83. The lowest BCUT2D eigenvalue weighted by Crippen LogP contribution is -2.34. The van der Waals surface area contributed by atoms with Gasteiger partial charge in [0.15, 0.2) is 0 Å². The van der Waals surface area contributed by atoms with E-state index in [9.17, 15) is 13.2 Å². The third-order valence-corrected chi connectivity index (χ3v) is 4.05. The van der Waals surface area contributed by atoms with Crippen LogP contribution in [0.3, 0.4) is 0 Å². The first-order valence-electron chi connectivity index (χ1n) is 5.39. The van der Waals surface area contributed by atoms with Crippen LogP contribution in [0.1, 0.15) is 5.69 Å². The Morgan fingerprint density at radius 2 is 2.10 bits per heavy atom. The van der Waals surface area contributed by atoms with E-state index >= 15 is 0 Å². The molecule has 0 aliphatic carbocycles. The standard InChI is InChI=1S/C11H10BrN3O4S/c1-20(18,19)15(11(16)17)6-8-5-13-10-4-7(12)2-3-9(10)14-8/h2-5H,6H2,1H3,(H,16,17). The van der Waals surface area contributed by atoms with Gasteiger partial charge >= 0.3 is 6.09 Å². The SMILES string of the molecule is CS(=O)(=O)N(Cc1cnc2cc(Br)ccc2n1)C(=O)O. The zero-order valence-electron chi connectivity index (χ0n) is 10.3. The molecule has 1 aromatic heterocycles. The lowest BCUT2D eigenvalue weighted by molar-refractivity contribution is 0.170. The molecule has 2 rings (SSSR count). The third-order valence-electron chi connectivity index (χ3n) is 2.47. The van der Waals surface area contributed by atoms with Crippen LogP contribution in [0.4, 0.5) is 4.79 Å². The molecule has 2 aromatic rings. The smallest absolute Gasteiger partial charge is 0.421 e. The van der Waals surface area contributed by atoms with Crippen LogP contribution < -0.4 is 0 Å². The fraction of sp³-hybridized carbons (Fsp3) is 0.182. The van der Waals surface area contributed by atoms with Crippen molar-refractivity contribution >= 4 is 43.1 Å². The van der Waals surface area contributed by atoms with E-state index in [0.717, 1.165) is 10.7 Å². The normalized spacial score (nSPS) is 11.5. The predicted molar refractivity (Wildman–Crippen MR) is 75.6 cm³/mol. The second kappa shape index (κ2) is 5.33. The highest BCUT2D eigenvalue weighted by Crippen LogP contribution is 2.17. The average molecular weight is 360 g/mol. The number of carbonyl (C=O) groups is 1. The van der Waals surface area contributed by atoms with Crippen molar-refractivity contribution in [2.75, 3.05) is 6.26 Å². The van der Waals surface area contributed by atoms with Crippen LogP contribution in [0.15, 0.2) is 28.9 Å².